The maximum absolute atomic E-state index is 12.8. The van der Waals surface area contributed by atoms with Gasteiger partial charge in [0.25, 0.3) is 0 Å². The maximum Gasteiger partial charge on any atom is 0.407 e. The Hall–Kier alpha value is -4.66. The van der Waals surface area contributed by atoms with Gasteiger partial charge in [-0.2, -0.15) is 13.2 Å². The number of hydrogen-bond donors (Lipinski definition) is 3. The number of sulfonamides is 1. The van der Waals surface area contributed by atoms with Crippen molar-refractivity contribution in [3.8, 4) is 22.9 Å². The van der Waals surface area contributed by atoms with Gasteiger partial charge in [-0.3, -0.25) is 4.72 Å². The molecule has 1 aliphatic heterocycles. The number of carbonyl (C=O) groups is 1. The second-order valence-electron chi connectivity index (χ2n) is 10.0. The normalized spacial score (nSPS) is 15.7. The molecule has 0 unspecified atom stereocenters. The van der Waals surface area contributed by atoms with E-state index >= 15 is 0 Å². The highest BCUT2D eigenvalue weighted by atomic mass is 32.2. The van der Waals surface area contributed by atoms with Crippen LogP contribution in [0.1, 0.15) is 18.4 Å². The molecular weight excluding hydrogens is 589 g/mol. The van der Waals surface area contributed by atoms with Crippen LogP contribution in [0, 0.1) is 6.92 Å². The predicted octanol–water partition coefficient (Wildman–Crippen LogP) is 5.65. The molecule has 226 valence electrons. The van der Waals surface area contributed by atoms with Crippen LogP contribution in [0.2, 0.25) is 0 Å². The summed E-state index contributed by atoms with van der Waals surface area (Å²) in [5, 5.41) is 13.3. The first-order chi connectivity index (χ1) is 20.4. The summed E-state index contributed by atoms with van der Waals surface area (Å²) in [7, 11) is -4.71. The molecule has 2 aromatic carbocycles. The number of anilines is 2. The van der Waals surface area contributed by atoms with Gasteiger partial charge in [0, 0.05) is 42.3 Å². The van der Waals surface area contributed by atoms with Crippen LogP contribution in [0.15, 0.2) is 60.9 Å². The molecule has 0 bridgehead atoms. The summed E-state index contributed by atoms with van der Waals surface area (Å²) in [4.78, 5) is 26.0. The molecule has 3 N–H and O–H groups in total. The SMILES string of the molecule is Cc1ccc2c(NS(=O)(=O)CC(F)(F)F)cccc2c1Oc1ncccc1-c1ccnc(N[C@H]2CCCN(C(=O)O)C2)n1. The molecule has 0 aliphatic carbocycles. The zero-order valence-corrected chi connectivity index (χ0v) is 23.6. The van der Waals surface area contributed by atoms with Crippen LogP contribution in [0.3, 0.4) is 0 Å². The largest absolute Gasteiger partial charge is 0.465 e. The molecule has 1 fully saturated rings. The Morgan fingerprint density at radius 1 is 1.09 bits per heavy atom. The number of ether oxygens (including phenoxy) is 1. The molecule has 1 saturated heterocycles. The number of benzene rings is 2. The highest BCUT2D eigenvalue weighted by Crippen LogP contribution is 2.39. The van der Waals surface area contributed by atoms with Crippen LogP contribution in [-0.4, -0.2) is 70.5 Å². The van der Waals surface area contributed by atoms with Crippen LogP contribution >= 0.6 is 0 Å². The van der Waals surface area contributed by atoms with Crippen molar-refractivity contribution < 1.29 is 36.2 Å². The van der Waals surface area contributed by atoms with Crippen LogP contribution in [0.4, 0.5) is 29.6 Å². The quantitative estimate of drug-likeness (QED) is 0.229. The molecule has 2 aromatic heterocycles. The van der Waals surface area contributed by atoms with Crippen molar-refractivity contribution in [2.75, 3.05) is 28.9 Å². The Kier molecular flexibility index (Phi) is 8.26. The van der Waals surface area contributed by atoms with Gasteiger partial charge in [0.2, 0.25) is 21.9 Å². The second kappa shape index (κ2) is 11.9. The van der Waals surface area contributed by atoms with Crippen molar-refractivity contribution in [2.45, 2.75) is 32.0 Å². The monoisotopic (exact) mass is 616 g/mol. The Morgan fingerprint density at radius 3 is 2.67 bits per heavy atom. The van der Waals surface area contributed by atoms with E-state index in [1.54, 1.807) is 49.5 Å². The Morgan fingerprint density at radius 2 is 1.91 bits per heavy atom. The van der Waals surface area contributed by atoms with Gasteiger partial charge in [0.1, 0.15) is 5.75 Å². The van der Waals surface area contributed by atoms with E-state index in [4.69, 9.17) is 4.74 Å². The van der Waals surface area contributed by atoms with Gasteiger partial charge < -0.3 is 20.1 Å². The first-order valence-corrected chi connectivity index (χ1v) is 14.8. The molecule has 1 amide bonds. The average Bonchev–Trinajstić information content (AvgIpc) is 2.94. The molecule has 43 heavy (non-hydrogen) atoms. The van der Waals surface area contributed by atoms with Gasteiger partial charge in [0.05, 0.1) is 16.9 Å². The number of amides is 1. The number of aryl methyl sites for hydroxylation is 1. The fraction of sp³-hybridized carbons (Fsp3) is 0.286. The van der Waals surface area contributed by atoms with Gasteiger partial charge in [-0.15, -0.1) is 0 Å². The molecule has 3 heterocycles. The number of pyridine rings is 1. The number of hydrogen-bond acceptors (Lipinski definition) is 8. The van der Waals surface area contributed by atoms with E-state index in [0.29, 0.717) is 58.8 Å². The van der Waals surface area contributed by atoms with E-state index < -0.39 is 28.0 Å². The molecule has 5 rings (SSSR count). The Labute approximate surface area is 244 Å². The Bertz CT molecular complexity index is 1770. The number of nitrogens with one attached hydrogen (secondary N) is 2. The fourth-order valence-electron chi connectivity index (χ4n) is 4.88. The minimum Gasteiger partial charge on any atom is -0.465 e. The van der Waals surface area contributed by atoms with E-state index in [1.807, 2.05) is 4.72 Å². The minimum atomic E-state index is -4.90. The molecule has 4 aromatic rings. The summed E-state index contributed by atoms with van der Waals surface area (Å²) in [5.41, 5.74) is 1.64. The fourth-order valence-corrected chi connectivity index (χ4v) is 5.89. The number of alkyl halides is 3. The van der Waals surface area contributed by atoms with Crippen molar-refractivity contribution in [3.63, 3.8) is 0 Å². The van der Waals surface area contributed by atoms with Crippen LogP contribution in [0.25, 0.3) is 22.0 Å². The first-order valence-electron chi connectivity index (χ1n) is 13.2. The van der Waals surface area contributed by atoms with E-state index in [1.165, 1.54) is 23.2 Å². The highest BCUT2D eigenvalue weighted by molar-refractivity contribution is 7.92. The van der Waals surface area contributed by atoms with E-state index in [2.05, 4.69) is 20.3 Å². The lowest BCUT2D eigenvalue weighted by Gasteiger charge is -2.31. The molecule has 0 spiro atoms. The summed E-state index contributed by atoms with van der Waals surface area (Å²) in [6.45, 7) is 2.55. The van der Waals surface area contributed by atoms with Gasteiger partial charge in [0.15, 0.2) is 5.75 Å². The van der Waals surface area contributed by atoms with Crippen LogP contribution in [-0.2, 0) is 10.0 Å². The van der Waals surface area contributed by atoms with Crippen molar-refractivity contribution >= 4 is 38.5 Å². The minimum absolute atomic E-state index is 0.0245. The summed E-state index contributed by atoms with van der Waals surface area (Å²) in [5.74, 6) is -1.20. The number of likely N-dealkylation sites (tertiary alicyclic amines) is 1. The second-order valence-corrected chi connectivity index (χ2v) is 11.7. The first kappa shape index (κ1) is 29.8. The third-order valence-electron chi connectivity index (χ3n) is 6.75. The molecule has 1 atom stereocenters. The molecule has 15 heteroatoms. The van der Waals surface area contributed by atoms with Crippen molar-refractivity contribution in [2.24, 2.45) is 0 Å². The molecule has 0 saturated carbocycles. The summed E-state index contributed by atoms with van der Waals surface area (Å²) < 4.78 is 71.1. The zero-order chi connectivity index (χ0) is 30.8. The number of piperidine rings is 1. The third kappa shape index (κ3) is 7.23. The number of fused-ring (bicyclic) bond motifs is 1. The maximum atomic E-state index is 12.8. The standard InChI is InChI=1S/C28H27F3N6O5S/c1-17-9-10-19-20(6-2-8-23(19)36-43(40,41)16-28(29,30)31)24(17)42-25-21(7-3-12-32-25)22-11-13-33-26(35-22)34-18-5-4-14-37(15-18)27(38)39/h2-3,6-13,18,36H,4-5,14-16H2,1H3,(H,38,39)(H,33,34,35)/t18-/m0/s1. The highest BCUT2D eigenvalue weighted by Gasteiger charge is 2.35. The lowest BCUT2D eigenvalue weighted by Crippen LogP contribution is -2.44. The molecule has 11 nitrogen and oxygen atoms in total. The summed E-state index contributed by atoms with van der Waals surface area (Å²) in [6, 6.07) is 12.8. The van der Waals surface area contributed by atoms with Gasteiger partial charge >= 0.3 is 12.3 Å². The van der Waals surface area contributed by atoms with Gasteiger partial charge in [-0.25, -0.2) is 28.2 Å². The predicted molar refractivity (Wildman–Crippen MR) is 154 cm³/mol. The van der Waals surface area contributed by atoms with Crippen LogP contribution < -0.4 is 14.8 Å². The summed E-state index contributed by atoms with van der Waals surface area (Å²) >= 11 is 0. The topological polar surface area (TPSA) is 147 Å². The van der Waals surface area contributed by atoms with E-state index in [9.17, 15) is 31.5 Å². The molecule has 1 aliphatic rings. The van der Waals surface area contributed by atoms with Gasteiger partial charge in [-0.05, 0) is 49.6 Å². The van der Waals surface area contributed by atoms with Crippen molar-refractivity contribution in [3.05, 3.63) is 66.5 Å². The number of rotatable bonds is 8. The number of aromatic nitrogens is 3. The number of carboxylic acid groups (broad SMARTS) is 1. The van der Waals surface area contributed by atoms with E-state index in [0.717, 1.165) is 6.42 Å². The Balaban J connectivity index is 1.45. The van der Waals surface area contributed by atoms with E-state index in [-0.39, 0.29) is 17.6 Å². The number of nitrogens with zero attached hydrogens (tertiary/aromatic N) is 4. The van der Waals surface area contributed by atoms with Crippen molar-refractivity contribution in [1.82, 2.24) is 19.9 Å². The van der Waals surface area contributed by atoms with Crippen molar-refractivity contribution in [1.29, 1.82) is 0 Å². The lowest BCUT2D eigenvalue weighted by atomic mass is 10.0. The lowest BCUT2D eigenvalue weighted by molar-refractivity contribution is -0.106. The zero-order valence-electron chi connectivity index (χ0n) is 22.8. The smallest absolute Gasteiger partial charge is 0.407 e. The molecular formula is C28H27F3N6O5S. The van der Waals surface area contributed by atoms with Gasteiger partial charge in [-0.1, -0.05) is 24.3 Å². The van der Waals surface area contributed by atoms with Crippen LogP contribution in [0.5, 0.6) is 11.6 Å². The average molecular weight is 617 g/mol. The number of halogens is 3. The molecule has 0 radical (unpaired) electrons. The third-order valence-corrected chi connectivity index (χ3v) is 7.99. The summed E-state index contributed by atoms with van der Waals surface area (Å²) in [6.07, 6.45) is -1.33.